The minimum Gasteiger partial charge on any atom is -0.392 e. The molecule has 1 aromatic carbocycles. The molecule has 0 saturated carbocycles. The molecule has 0 saturated heterocycles. The van der Waals surface area contributed by atoms with Crippen molar-refractivity contribution < 1.29 is 5.11 Å². The van der Waals surface area contributed by atoms with Crippen molar-refractivity contribution in [2.45, 2.75) is 0 Å². The van der Waals surface area contributed by atoms with Crippen LogP contribution in [0.2, 0.25) is 5.02 Å². The van der Waals surface area contributed by atoms with Crippen LogP contribution >= 0.6 is 11.6 Å². The fourth-order valence-electron chi connectivity index (χ4n) is 0.855. The van der Waals surface area contributed by atoms with Gasteiger partial charge in [0.2, 0.25) is 0 Å². The second-order valence-electron chi connectivity index (χ2n) is 2.67. The summed E-state index contributed by atoms with van der Waals surface area (Å²) in [4.78, 5) is 0. The number of hydrogen-bond acceptors (Lipinski definition) is 3. The topological polar surface area (TPSA) is 56.1 Å². The molecule has 0 bridgehead atoms. The largest absolute Gasteiger partial charge is 0.392 e. The van der Waals surface area contributed by atoms with Crippen molar-refractivity contribution in [3.8, 4) is 0 Å². The summed E-state index contributed by atoms with van der Waals surface area (Å²) in [5.74, 6) is 0. The van der Waals surface area contributed by atoms with Crippen molar-refractivity contribution in [1.29, 1.82) is 5.41 Å². The molecule has 0 fully saturated rings. The lowest BCUT2D eigenvalue weighted by Crippen LogP contribution is -1.96. The van der Waals surface area contributed by atoms with Gasteiger partial charge in [-0.1, -0.05) is 11.6 Å². The van der Waals surface area contributed by atoms with Crippen molar-refractivity contribution in [3.05, 3.63) is 41.1 Å². The lowest BCUT2D eigenvalue weighted by atomic mass is 10.3. The Balaban J connectivity index is 2.65. The first-order valence-corrected chi connectivity index (χ1v) is 4.46. The highest BCUT2D eigenvalue weighted by atomic mass is 35.5. The molecule has 14 heavy (non-hydrogen) atoms. The van der Waals surface area contributed by atoms with E-state index in [0.29, 0.717) is 10.6 Å². The van der Waals surface area contributed by atoms with Gasteiger partial charge in [-0.3, -0.25) is 0 Å². The van der Waals surface area contributed by atoms with E-state index in [1.807, 2.05) is 12.1 Å². The standard InChI is InChI=1S/C10H11ClN2O/c11-9-1-3-10(4-2-9)13-6-8(5-12)7-14/h1-6,12-14H,7H2/b8-6+,12-5?. The van der Waals surface area contributed by atoms with Crippen LogP contribution in [0.25, 0.3) is 0 Å². The molecule has 4 heteroatoms. The van der Waals surface area contributed by atoms with Crippen molar-refractivity contribution in [1.82, 2.24) is 0 Å². The third-order valence-electron chi connectivity index (χ3n) is 1.64. The maximum absolute atomic E-state index is 8.77. The lowest BCUT2D eigenvalue weighted by molar-refractivity contribution is 0.337. The molecule has 3 N–H and O–H groups in total. The molecule has 0 amide bonds. The summed E-state index contributed by atoms with van der Waals surface area (Å²) in [5.41, 5.74) is 1.38. The van der Waals surface area contributed by atoms with Crippen molar-refractivity contribution >= 4 is 23.5 Å². The first-order valence-electron chi connectivity index (χ1n) is 4.08. The summed E-state index contributed by atoms with van der Waals surface area (Å²) in [6, 6.07) is 7.16. The van der Waals surface area contributed by atoms with E-state index in [4.69, 9.17) is 22.1 Å². The number of anilines is 1. The highest BCUT2D eigenvalue weighted by Crippen LogP contribution is 2.13. The van der Waals surface area contributed by atoms with E-state index in [0.717, 1.165) is 11.9 Å². The minimum atomic E-state index is -0.149. The number of rotatable bonds is 4. The fraction of sp³-hybridized carbons (Fsp3) is 0.100. The first-order chi connectivity index (χ1) is 6.76. The molecule has 3 nitrogen and oxygen atoms in total. The van der Waals surface area contributed by atoms with Crippen LogP contribution in [0.4, 0.5) is 5.69 Å². The van der Waals surface area contributed by atoms with Crippen LogP contribution in [0.1, 0.15) is 0 Å². The molecule has 0 heterocycles. The van der Waals surface area contributed by atoms with Gasteiger partial charge in [0.15, 0.2) is 0 Å². The molecule has 0 aliphatic rings. The van der Waals surface area contributed by atoms with Gasteiger partial charge < -0.3 is 15.8 Å². The van der Waals surface area contributed by atoms with E-state index >= 15 is 0 Å². The maximum atomic E-state index is 8.77. The Morgan fingerprint density at radius 2 is 2.07 bits per heavy atom. The quantitative estimate of drug-likeness (QED) is 0.668. The molecule has 74 valence electrons. The number of nitrogens with one attached hydrogen (secondary N) is 2. The number of halogens is 1. The van der Waals surface area contributed by atoms with Gasteiger partial charge in [0.1, 0.15) is 0 Å². The summed E-state index contributed by atoms with van der Waals surface area (Å²) in [7, 11) is 0. The molecular formula is C10H11ClN2O. The third-order valence-corrected chi connectivity index (χ3v) is 1.89. The lowest BCUT2D eigenvalue weighted by Gasteiger charge is -2.01. The monoisotopic (exact) mass is 210 g/mol. The minimum absolute atomic E-state index is 0.149. The van der Waals surface area contributed by atoms with Gasteiger partial charge >= 0.3 is 0 Å². The van der Waals surface area contributed by atoms with Crippen LogP contribution in [-0.4, -0.2) is 17.9 Å². The van der Waals surface area contributed by atoms with Gasteiger partial charge in [-0.2, -0.15) is 0 Å². The maximum Gasteiger partial charge on any atom is 0.0710 e. The van der Waals surface area contributed by atoms with Crippen LogP contribution in [-0.2, 0) is 0 Å². The van der Waals surface area contributed by atoms with Crippen LogP contribution in [0.5, 0.6) is 0 Å². The highest BCUT2D eigenvalue weighted by molar-refractivity contribution is 6.30. The molecule has 0 aliphatic heterocycles. The Labute approximate surface area is 87.5 Å². The zero-order chi connectivity index (χ0) is 10.4. The van der Waals surface area contributed by atoms with Gasteiger partial charge in [-0.05, 0) is 24.3 Å². The van der Waals surface area contributed by atoms with E-state index in [1.165, 1.54) is 0 Å². The average molecular weight is 211 g/mol. The highest BCUT2D eigenvalue weighted by Gasteiger charge is 1.91. The Bertz CT molecular complexity index is 332. The second-order valence-corrected chi connectivity index (χ2v) is 3.11. The first kappa shape index (κ1) is 10.8. The number of aliphatic hydroxyl groups excluding tert-OH is 1. The van der Waals surface area contributed by atoms with Gasteiger partial charge in [-0.15, -0.1) is 0 Å². The SMILES string of the molecule is N=C/C(=C\Nc1ccc(Cl)cc1)CO. The zero-order valence-corrected chi connectivity index (χ0v) is 8.25. The van der Waals surface area contributed by atoms with E-state index in [-0.39, 0.29) is 6.61 Å². The Kier molecular flexibility index (Phi) is 4.16. The van der Waals surface area contributed by atoms with E-state index in [1.54, 1.807) is 18.3 Å². The average Bonchev–Trinajstić information content (AvgIpc) is 2.22. The third kappa shape index (κ3) is 3.20. The summed E-state index contributed by atoms with van der Waals surface area (Å²) in [6.45, 7) is -0.149. The molecule has 0 aliphatic carbocycles. The summed E-state index contributed by atoms with van der Waals surface area (Å²) >= 11 is 5.71. The molecule has 0 aromatic heterocycles. The van der Waals surface area contributed by atoms with Crippen LogP contribution in [0.15, 0.2) is 36.0 Å². The molecule has 0 spiro atoms. The zero-order valence-electron chi connectivity index (χ0n) is 7.50. The van der Waals surface area contributed by atoms with E-state index in [9.17, 15) is 0 Å². The number of benzene rings is 1. The van der Waals surface area contributed by atoms with Gasteiger partial charge in [0.25, 0.3) is 0 Å². The number of hydrogen-bond donors (Lipinski definition) is 3. The smallest absolute Gasteiger partial charge is 0.0710 e. The molecule has 0 unspecified atom stereocenters. The Hall–Kier alpha value is -1.32. The normalized spacial score (nSPS) is 11.1. The summed E-state index contributed by atoms with van der Waals surface area (Å²) in [6.07, 6.45) is 2.68. The van der Waals surface area contributed by atoms with Crippen molar-refractivity contribution in [2.75, 3.05) is 11.9 Å². The Morgan fingerprint density at radius 1 is 1.43 bits per heavy atom. The Morgan fingerprint density at radius 3 is 2.57 bits per heavy atom. The molecular weight excluding hydrogens is 200 g/mol. The predicted octanol–water partition coefficient (Wildman–Crippen LogP) is 2.28. The van der Waals surface area contributed by atoms with Crippen molar-refractivity contribution in [2.24, 2.45) is 0 Å². The van der Waals surface area contributed by atoms with Crippen LogP contribution < -0.4 is 5.32 Å². The van der Waals surface area contributed by atoms with E-state index in [2.05, 4.69) is 5.32 Å². The van der Waals surface area contributed by atoms with Gasteiger partial charge in [0, 0.05) is 28.7 Å². The van der Waals surface area contributed by atoms with Gasteiger partial charge in [0.05, 0.1) is 6.61 Å². The molecule has 0 radical (unpaired) electrons. The van der Waals surface area contributed by atoms with E-state index < -0.39 is 0 Å². The van der Waals surface area contributed by atoms with Crippen LogP contribution in [0.3, 0.4) is 0 Å². The second kappa shape index (κ2) is 5.42. The van der Waals surface area contributed by atoms with Gasteiger partial charge in [-0.25, -0.2) is 0 Å². The predicted molar refractivity (Wildman–Crippen MR) is 59.0 cm³/mol. The van der Waals surface area contributed by atoms with Crippen LogP contribution in [0, 0.1) is 5.41 Å². The fourth-order valence-corrected chi connectivity index (χ4v) is 0.981. The van der Waals surface area contributed by atoms with Crippen molar-refractivity contribution in [3.63, 3.8) is 0 Å². The summed E-state index contributed by atoms with van der Waals surface area (Å²) < 4.78 is 0. The molecule has 0 atom stereocenters. The molecule has 1 aromatic rings. The summed E-state index contributed by atoms with van der Waals surface area (Å²) in [5, 5.41) is 19.3. The number of aliphatic hydroxyl groups is 1. The molecule has 1 rings (SSSR count).